The third kappa shape index (κ3) is 3.81. The molecule has 1 amide bonds. The molecule has 0 radical (unpaired) electrons. The molecule has 0 saturated carbocycles. The lowest BCUT2D eigenvalue weighted by Crippen LogP contribution is -2.10. The molecule has 5 nitrogen and oxygen atoms in total. The van der Waals surface area contributed by atoms with Crippen molar-refractivity contribution in [2.45, 2.75) is 6.92 Å². The molecular weight excluding hydrogens is 392 g/mol. The number of hydrogen-bond acceptors (Lipinski definition) is 6. The second kappa shape index (κ2) is 7.92. The molecule has 0 aliphatic heterocycles. The molecule has 2 aromatic carbocycles. The Morgan fingerprint density at radius 2 is 1.79 bits per heavy atom. The molecule has 2 heterocycles. The molecule has 1 N–H and O–H groups in total. The Hall–Kier alpha value is -3.03. The molecule has 0 saturated heterocycles. The Morgan fingerprint density at radius 3 is 2.54 bits per heavy atom. The predicted molar refractivity (Wildman–Crippen MR) is 113 cm³/mol. The van der Waals surface area contributed by atoms with Crippen molar-refractivity contribution in [1.82, 2.24) is 4.98 Å². The third-order valence-corrected chi connectivity index (χ3v) is 6.28. The Morgan fingerprint density at radius 1 is 1.00 bits per heavy atom. The molecule has 4 rings (SSSR count). The van der Waals surface area contributed by atoms with E-state index in [1.807, 2.05) is 30.3 Å². The first-order chi connectivity index (χ1) is 13.6. The maximum atomic E-state index is 12.5. The standard InChI is InChI=1S/C21H16N2O3S2/c1-2-26-21(25)13-7-9-14(10-8-13)22-19(24)17-11-12-18(27-17)20-23-15-5-3-4-6-16(15)28-20/h3-12H,2H2,1H3,(H,22,24). The second-order valence-corrected chi connectivity index (χ2v) is 8.02. The van der Waals surface area contributed by atoms with Crippen molar-refractivity contribution in [2.75, 3.05) is 11.9 Å². The number of benzene rings is 2. The van der Waals surface area contributed by atoms with E-state index in [0.717, 1.165) is 20.1 Å². The molecule has 7 heteroatoms. The number of esters is 1. The van der Waals surface area contributed by atoms with Crippen LogP contribution in [0.3, 0.4) is 0 Å². The quantitative estimate of drug-likeness (QED) is 0.446. The fraction of sp³-hybridized carbons (Fsp3) is 0.0952. The summed E-state index contributed by atoms with van der Waals surface area (Å²) in [6.45, 7) is 2.09. The van der Waals surface area contributed by atoms with E-state index >= 15 is 0 Å². The Bertz CT molecular complexity index is 1110. The van der Waals surface area contributed by atoms with Gasteiger partial charge in [-0.2, -0.15) is 0 Å². The zero-order valence-electron chi connectivity index (χ0n) is 15.0. The van der Waals surface area contributed by atoms with Crippen molar-refractivity contribution in [3.05, 3.63) is 71.1 Å². The maximum Gasteiger partial charge on any atom is 0.338 e. The van der Waals surface area contributed by atoms with E-state index in [0.29, 0.717) is 22.7 Å². The minimum atomic E-state index is -0.376. The van der Waals surface area contributed by atoms with E-state index in [9.17, 15) is 9.59 Å². The van der Waals surface area contributed by atoms with E-state index in [1.54, 1.807) is 48.6 Å². The SMILES string of the molecule is CCOC(=O)c1ccc(NC(=O)c2ccc(-c3nc4ccccc4s3)s2)cc1. The van der Waals surface area contributed by atoms with Gasteiger partial charge < -0.3 is 10.1 Å². The number of ether oxygens (including phenoxy) is 1. The summed E-state index contributed by atoms with van der Waals surface area (Å²) in [5, 5.41) is 3.76. The van der Waals surface area contributed by atoms with Crippen LogP contribution in [0.4, 0.5) is 5.69 Å². The summed E-state index contributed by atoms with van der Waals surface area (Å²) in [5.74, 6) is -0.569. The number of anilines is 1. The number of nitrogens with one attached hydrogen (secondary N) is 1. The van der Waals surface area contributed by atoms with Crippen LogP contribution in [0.1, 0.15) is 27.0 Å². The molecule has 0 fully saturated rings. The van der Waals surface area contributed by atoms with E-state index in [-0.39, 0.29) is 11.9 Å². The zero-order chi connectivity index (χ0) is 19.5. The van der Waals surface area contributed by atoms with Crippen LogP contribution < -0.4 is 5.32 Å². The largest absolute Gasteiger partial charge is 0.462 e. The molecule has 2 aromatic heterocycles. The van der Waals surface area contributed by atoms with Crippen LogP contribution in [-0.2, 0) is 4.74 Å². The predicted octanol–water partition coefficient (Wildman–Crippen LogP) is 5.45. The van der Waals surface area contributed by atoms with E-state index in [4.69, 9.17) is 4.74 Å². The number of rotatable bonds is 5. The average Bonchev–Trinajstić information content (AvgIpc) is 3.35. The summed E-state index contributed by atoms with van der Waals surface area (Å²) < 4.78 is 6.08. The van der Waals surface area contributed by atoms with E-state index in [2.05, 4.69) is 10.3 Å². The summed E-state index contributed by atoms with van der Waals surface area (Å²) in [4.78, 5) is 30.4. The molecule has 0 spiro atoms. The Balaban J connectivity index is 1.48. The lowest BCUT2D eigenvalue weighted by atomic mass is 10.2. The molecule has 0 bridgehead atoms. The molecule has 4 aromatic rings. The number of para-hydroxylation sites is 1. The fourth-order valence-corrected chi connectivity index (χ4v) is 4.57. The maximum absolute atomic E-state index is 12.5. The van der Waals surface area contributed by atoms with Gasteiger partial charge in [-0.1, -0.05) is 12.1 Å². The average molecular weight is 409 g/mol. The molecule has 28 heavy (non-hydrogen) atoms. The highest BCUT2D eigenvalue weighted by molar-refractivity contribution is 7.26. The summed E-state index contributed by atoms with van der Waals surface area (Å²) in [7, 11) is 0. The van der Waals surface area contributed by atoms with Crippen molar-refractivity contribution in [2.24, 2.45) is 0 Å². The first kappa shape index (κ1) is 18.3. The summed E-state index contributed by atoms with van der Waals surface area (Å²) in [6, 6.07) is 18.3. The van der Waals surface area contributed by atoms with Gasteiger partial charge in [0.2, 0.25) is 0 Å². The van der Waals surface area contributed by atoms with Crippen LogP contribution in [0, 0.1) is 0 Å². The van der Waals surface area contributed by atoms with Gasteiger partial charge in [0.05, 0.1) is 32.1 Å². The van der Waals surface area contributed by atoms with Crippen molar-refractivity contribution in [3.63, 3.8) is 0 Å². The van der Waals surface area contributed by atoms with E-state index < -0.39 is 0 Å². The van der Waals surface area contributed by atoms with Gasteiger partial charge in [0.15, 0.2) is 0 Å². The van der Waals surface area contributed by atoms with Gasteiger partial charge in [-0.25, -0.2) is 9.78 Å². The lowest BCUT2D eigenvalue weighted by Gasteiger charge is -2.05. The highest BCUT2D eigenvalue weighted by atomic mass is 32.1. The highest BCUT2D eigenvalue weighted by Crippen LogP contribution is 2.34. The monoisotopic (exact) mass is 408 g/mol. The van der Waals surface area contributed by atoms with E-state index in [1.165, 1.54) is 11.3 Å². The van der Waals surface area contributed by atoms with Gasteiger partial charge >= 0.3 is 5.97 Å². The molecule has 0 aliphatic carbocycles. The third-order valence-electron chi connectivity index (χ3n) is 3.99. The highest BCUT2D eigenvalue weighted by Gasteiger charge is 2.14. The van der Waals surface area contributed by atoms with Crippen molar-refractivity contribution >= 4 is 50.5 Å². The van der Waals surface area contributed by atoms with Gasteiger partial charge in [0, 0.05) is 5.69 Å². The molecule has 140 valence electrons. The normalized spacial score (nSPS) is 10.8. The fourth-order valence-electron chi connectivity index (χ4n) is 2.65. The first-order valence-electron chi connectivity index (χ1n) is 8.68. The van der Waals surface area contributed by atoms with Crippen LogP contribution in [-0.4, -0.2) is 23.5 Å². The number of carbonyl (C=O) groups is 2. The number of amides is 1. The van der Waals surface area contributed by atoms with Gasteiger partial charge in [-0.15, -0.1) is 22.7 Å². The van der Waals surface area contributed by atoms with Crippen molar-refractivity contribution in [1.29, 1.82) is 0 Å². The molecular formula is C21H16N2O3S2. The lowest BCUT2D eigenvalue weighted by molar-refractivity contribution is 0.0526. The molecule has 0 aliphatic rings. The smallest absolute Gasteiger partial charge is 0.338 e. The van der Waals surface area contributed by atoms with Crippen LogP contribution in [0.25, 0.3) is 20.1 Å². The van der Waals surface area contributed by atoms with Crippen LogP contribution in [0.5, 0.6) is 0 Å². The summed E-state index contributed by atoms with van der Waals surface area (Å²) in [5.41, 5.74) is 2.03. The minimum absolute atomic E-state index is 0.193. The molecule has 0 atom stereocenters. The summed E-state index contributed by atoms with van der Waals surface area (Å²) >= 11 is 3.02. The minimum Gasteiger partial charge on any atom is -0.462 e. The van der Waals surface area contributed by atoms with Crippen molar-refractivity contribution < 1.29 is 14.3 Å². The number of nitrogens with zero attached hydrogens (tertiary/aromatic N) is 1. The topological polar surface area (TPSA) is 68.3 Å². The van der Waals surface area contributed by atoms with Gasteiger partial charge in [0.25, 0.3) is 5.91 Å². The number of carbonyl (C=O) groups excluding carboxylic acids is 2. The number of aromatic nitrogens is 1. The number of fused-ring (bicyclic) bond motifs is 1. The van der Waals surface area contributed by atoms with Crippen LogP contribution in [0.15, 0.2) is 60.7 Å². The first-order valence-corrected chi connectivity index (χ1v) is 10.3. The van der Waals surface area contributed by atoms with Gasteiger partial charge in [-0.05, 0) is 55.5 Å². The van der Waals surface area contributed by atoms with Gasteiger partial charge in [0.1, 0.15) is 5.01 Å². The molecule has 0 unspecified atom stereocenters. The zero-order valence-corrected chi connectivity index (χ0v) is 16.6. The van der Waals surface area contributed by atoms with Crippen LogP contribution >= 0.6 is 22.7 Å². The number of thiophene rings is 1. The van der Waals surface area contributed by atoms with Crippen LogP contribution in [0.2, 0.25) is 0 Å². The van der Waals surface area contributed by atoms with Gasteiger partial charge in [-0.3, -0.25) is 4.79 Å². The Labute approximate surface area is 169 Å². The van der Waals surface area contributed by atoms with Crippen molar-refractivity contribution in [3.8, 4) is 9.88 Å². The number of thiazole rings is 1. The second-order valence-electron chi connectivity index (χ2n) is 5.90. The summed E-state index contributed by atoms with van der Waals surface area (Å²) in [6.07, 6.45) is 0. The Kier molecular flexibility index (Phi) is 5.18. The number of hydrogen-bond donors (Lipinski definition) is 1.